The number of aryl methyl sites for hydroxylation is 2. The number of carbonyl (C=O) groups is 1. The molecule has 3 rings (SSSR count). The van der Waals surface area contributed by atoms with Crippen molar-refractivity contribution in [2.75, 3.05) is 6.54 Å². The zero-order chi connectivity index (χ0) is 18.9. The van der Waals surface area contributed by atoms with Crippen LogP contribution in [0.3, 0.4) is 0 Å². The molecule has 0 saturated carbocycles. The third-order valence-corrected chi connectivity index (χ3v) is 6.67. The van der Waals surface area contributed by atoms with Gasteiger partial charge in [0.2, 0.25) is 10.0 Å². The predicted molar refractivity (Wildman–Crippen MR) is 102 cm³/mol. The quantitative estimate of drug-likeness (QED) is 0.820. The highest BCUT2D eigenvalue weighted by atomic mass is 32.2. The predicted octanol–water partition coefficient (Wildman–Crippen LogP) is 3.95. The molecule has 0 aliphatic carbocycles. The summed E-state index contributed by atoms with van der Waals surface area (Å²) in [5, 5.41) is 0. The highest BCUT2D eigenvalue weighted by Crippen LogP contribution is 2.35. The zero-order valence-electron chi connectivity index (χ0n) is 15.3. The van der Waals surface area contributed by atoms with Gasteiger partial charge in [0, 0.05) is 12.1 Å². The average molecular weight is 369 g/mol. The molecule has 1 aliphatic rings. The first-order valence-electron chi connectivity index (χ1n) is 8.64. The molecule has 1 heterocycles. The van der Waals surface area contributed by atoms with Crippen molar-refractivity contribution in [3.05, 3.63) is 76.9 Å². The van der Waals surface area contributed by atoms with E-state index in [0.29, 0.717) is 12.0 Å². The van der Waals surface area contributed by atoms with Gasteiger partial charge in [-0.05, 0) is 44.9 Å². The van der Waals surface area contributed by atoms with Crippen LogP contribution in [0.2, 0.25) is 0 Å². The van der Waals surface area contributed by atoms with Crippen molar-refractivity contribution in [2.45, 2.75) is 38.1 Å². The Labute approximate surface area is 155 Å². The molecule has 0 radical (unpaired) electrons. The van der Waals surface area contributed by atoms with Crippen LogP contribution in [0.15, 0.2) is 65.1 Å². The normalized spacial score (nSPS) is 18.4. The van der Waals surface area contributed by atoms with Crippen LogP contribution >= 0.6 is 0 Å². The van der Waals surface area contributed by atoms with Crippen molar-refractivity contribution >= 4 is 15.8 Å². The number of rotatable bonds is 4. The summed E-state index contributed by atoms with van der Waals surface area (Å²) in [7, 11) is -3.71. The standard InChI is InChI=1S/C21H23NO3S/c1-15-4-8-18(9-5-15)21-13-10-19(17(3)23)14-22(21)26(24,25)20-11-6-16(2)7-12-20/h4-12,21H,13-14H2,1-3H3/t21-/m0/s1. The van der Waals surface area contributed by atoms with Crippen LogP contribution in [0.5, 0.6) is 0 Å². The van der Waals surface area contributed by atoms with E-state index in [2.05, 4.69) is 0 Å². The first-order valence-corrected chi connectivity index (χ1v) is 10.1. The van der Waals surface area contributed by atoms with E-state index < -0.39 is 10.0 Å². The fraction of sp³-hybridized carbons (Fsp3) is 0.286. The number of sulfonamides is 1. The summed E-state index contributed by atoms with van der Waals surface area (Å²) in [5.74, 6) is -0.0866. The van der Waals surface area contributed by atoms with Crippen LogP contribution in [0, 0.1) is 13.8 Å². The maximum Gasteiger partial charge on any atom is 0.243 e. The lowest BCUT2D eigenvalue weighted by molar-refractivity contribution is -0.113. The average Bonchev–Trinajstić information content (AvgIpc) is 2.62. The number of nitrogens with zero attached hydrogens (tertiary/aromatic N) is 1. The molecule has 4 nitrogen and oxygen atoms in total. The Balaban J connectivity index is 2.06. The second-order valence-corrected chi connectivity index (χ2v) is 8.70. The summed E-state index contributed by atoms with van der Waals surface area (Å²) in [6, 6.07) is 14.4. The molecule has 0 fully saturated rings. The Morgan fingerprint density at radius 1 is 0.962 bits per heavy atom. The van der Waals surface area contributed by atoms with Gasteiger partial charge >= 0.3 is 0 Å². The third-order valence-electron chi connectivity index (χ3n) is 4.80. The molecule has 1 aliphatic heterocycles. The lowest BCUT2D eigenvalue weighted by Gasteiger charge is -2.34. The largest absolute Gasteiger partial charge is 0.295 e. The molecule has 2 aromatic rings. The van der Waals surface area contributed by atoms with Crippen molar-refractivity contribution < 1.29 is 13.2 Å². The number of benzene rings is 2. The first-order chi connectivity index (χ1) is 12.3. The van der Waals surface area contributed by atoms with Crippen LogP contribution < -0.4 is 0 Å². The van der Waals surface area contributed by atoms with E-state index in [4.69, 9.17) is 0 Å². The van der Waals surface area contributed by atoms with Crippen molar-refractivity contribution in [3.8, 4) is 0 Å². The summed E-state index contributed by atoms with van der Waals surface area (Å²) < 4.78 is 28.1. The summed E-state index contributed by atoms with van der Waals surface area (Å²) in [4.78, 5) is 12.1. The molecule has 0 amide bonds. The Hall–Kier alpha value is -2.24. The molecular formula is C21H23NO3S. The second-order valence-electron chi connectivity index (χ2n) is 6.81. The number of hydrogen-bond donors (Lipinski definition) is 0. The molecule has 0 N–H and O–H groups in total. The molecule has 0 aromatic heterocycles. The highest BCUT2D eigenvalue weighted by Gasteiger charge is 2.35. The van der Waals surface area contributed by atoms with E-state index in [1.165, 1.54) is 11.2 Å². The monoisotopic (exact) mass is 369 g/mol. The molecular weight excluding hydrogens is 346 g/mol. The van der Waals surface area contributed by atoms with E-state index in [1.54, 1.807) is 24.3 Å². The van der Waals surface area contributed by atoms with E-state index in [1.807, 2.05) is 44.2 Å². The van der Waals surface area contributed by atoms with E-state index >= 15 is 0 Å². The van der Waals surface area contributed by atoms with E-state index in [9.17, 15) is 13.2 Å². The SMILES string of the molecule is CC(=O)C1=CC[C@@H](c2ccc(C)cc2)N(S(=O)(=O)c2ccc(C)cc2)C1. The molecule has 1 atom stereocenters. The highest BCUT2D eigenvalue weighted by molar-refractivity contribution is 7.89. The maximum absolute atomic E-state index is 13.3. The molecule has 2 aromatic carbocycles. The number of ketones is 1. The van der Waals surface area contributed by atoms with Crippen LogP contribution in [0.25, 0.3) is 0 Å². The van der Waals surface area contributed by atoms with Gasteiger partial charge in [0.15, 0.2) is 5.78 Å². The van der Waals surface area contributed by atoms with Crippen molar-refractivity contribution in [3.63, 3.8) is 0 Å². The van der Waals surface area contributed by atoms with Gasteiger partial charge in [0.25, 0.3) is 0 Å². The van der Waals surface area contributed by atoms with Crippen molar-refractivity contribution in [2.24, 2.45) is 0 Å². The van der Waals surface area contributed by atoms with Crippen LogP contribution in [-0.2, 0) is 14.8 Å². The van der Waals surface area contributed by atoms with Gasteiger partial charge < -0.3 is 0 Å². The summed E-state index contributed by atoms with van der Waals surface area (Å²) >= 11 is 0. The van der Waals surface area contributed by atoms with Gasteiger partial charge in [0.05, 0.1) is 10.9 Å². The minimum atomic E-state index is -3.71. The van der Waals surface area contributed by atoms with Crippen molar-refractivity contribution in [1.29, 1.82) is 0 Å². The fourth-order valence-electron chi connectivity index (χ4n) is 3.16. The smallest absolute Gasteiger partial charge is 0.243 e. The lowest BCUT2D eigenvalue weighted by Crippen LogP contribution is -2.39. The minimum absolute atomic E-state index is 0.0866. The summed E-state index contributed by atoms with van der Waals surface area (Å²) in [6.07, 6.45) is 2.36. The van der Waals surface area contributed by atoms with Gasteiger partial charge in [-0.15, -0.1) is 0 Å². The Kier molecular flexibility index (Phi) is 5.12. The molecule has 0 saturated heterocycles. The van der Waals surface area contributed by atoms with Gasteiger partial charge in [-0.2, -0.15) is 4.31 Å². The minimum Gasteiger partial charge on any atom is -0.295 e. The van der Waals surface area contributed by atoms with Gasteiger partial charge in [-0.3, -0.25) is 4.79 Å². The molecule has 5 heteroatoms. The number of hydrogen-bond acceptors (Lipinski definition) is 3. The van der Waals surface area contributed by atoms with E-state index in [0.717, 1.165) is 16.7 Å². The first kappa shape index (κ1) is 18.5. The van der Waals surface area contributed by atoms with Crippen LogP contribution in [0.1, 0.15) is 36.1 Å². The van der Waals surface area contributed by atoms with Gasteiger partial charge in [-0.1, -0.05) is 53.6 Å². The maximum atomic E-state index is 13.3. The van der Waals surface area contributed by atoms with Crippen molar-refractivity contribution in [1.82, 2.24) is 4.31 Å². The number of Topliss-reactive ketones (excluding diaryl/α,β-unsaturated/α-hetero) is 1. The fourth-order valence-corrected chi connectivity index (χ4v) is 4.76. The zero-order valence-corrected chi connectivity index (χ0v) is 16.1. The van der Waals surface area contributed by atoms with Crippen LogP contribution in [-0.4, -0.2) is 25.1 Å². The summed E-state index contributed by atoms with van der Waals surface area (Å²) in [6.45, 7) is 5.50. The number of carbonyl (C=O) groups excluding carboxylic acids is 1. The second kappa shape index (κ2) is 7.17. The van der Waals surface area contributed by atoms with Gasteiger partial charge in [-0.25, -0.2) is 8.42 Å². The Morgan fingerprint density at radius 3 is 2.04 bits per heavy atom. The molecule has 26 heavy (non-hydrogen) atoms. The third kappa shape index (κ3) is 3.64. The Bertz CT molecular complexity index is 942. The van der Waals surface area contributed by atoms with E-state index in [-0.39, 0.29) is 23.3 Å². The molecule has 136 valence electrons. The molecule has 0 bridgehead atoms. The topological polar surface area (TPSA) is 54.5 Å². The molecule has 0 unspecified atom stereocenters. The van der Waals surface area contributed by atoms with Gasteiger partial charge in [0.1, 0.15) is 0 Å². The molecule has 0 spiro atoms. The lowest BCUT2D eigenvalue weighted by atomic mass is 9.96. The Morgan fingerprint density at radius 2 is 1.50 bits per heavy atom. The summed E-state index contributed by atoms with van der Waals surface area (Å²) in [5.41, 5.74) is 3.61. The van der Waals surface area contributed by atoms with Crippen LogP contribution in [0.4, 0.5) is 0 Å².